The highest BCUT2D eigenvalue weighted by atomic mass is 15.0. The number of aromatic amines is 1. The van der Waals surface area contributed by atoms with E-state index in [1.54, 1.807) is 0 Å². The Bertz CT molecular complexity index is 2410. The predicted molar refractivity (Wildman–Crippen MR) is 186 cm³/mol. The van der Waals surface area contributed by atoms with Crippen molar-refractivity contribution in [3.63, 3.8) is 0 Å². The van der Waals surface area contributed by atoms with Gasteiger partial charge in [0.15, 0.2) is 0 Å². The Morgan fingerprint density at radius 2 is 0.886 bits per heavy atom. The first kappa shape index (κ1) is 24.7. The van der Waals surface area contributed by atoms with Crippen molar-refractivity contribution in [3.05, 3.63) is 164 Å². The van der Waals surface area contributed by atoms with Crippen molar-refractivity contribution >= 4 is 43.6 Å². The molecule has 2 heterocycles. The molecule has 7 aromatic carbocycles. The lowest BCUT2D eigenvalue weighted by atomic mass is 9.93. The van der Waals surface area contributed by atoms with Gasteiger partial charge in [-0.1, -0.05) is 121 Å². The Kier molecular flexibility index (Phi) is 5.54. The third kappa shape index (κ3) is 3.89. The molecule has 0 aliphatic carbocycles. The van der Waals surface area contributed by atoms with Crippen molar-refractivity contribution in [2.24, 2.45) is 0 Å². The van der Waals surface area contributed by atoms with Crippen molar-refractivity contribution in [1.29, 1.82) is 0 Å². The Morgan fingerprint density at radius 3 is 1.55 bits per heavy atom. The van der Waals surface area contributed by atoms with Gasteiger partial charge in [-0.25, -0.2) is 0 Å². The van der Waals surface area contributed by atoms with E-state index >= 15 is 0 Å². The lowest BCUT2D eigenvalue weighted by Crippen LogP contribution is -1.94. The molecule has 44 heavy (non-hydrogen) atoms. The smallest absolute Gasteiger partial charge is 0.0783 e. The Hall–Kier alpha value is -5.86. The van der Waals surface area contributed by atoms with Crippen molar-refractivity contribution in [2.45, 2.75) is 0 Å². The number of fused-ring (bicyclic) bond motifs is 7. The standard InChI is InChI=1S/C42H28N2/c1-3-11-28(12-4-1)31-25-32(29-13-5-2-6-14-29)27-33(26-31)30-19-21-34(22-20-30)44-40-18-10-8-16-36(40)38-24-23-37-35-15-7-9-17-39(35)43-41(37)42(38)44/h1-27,43H. The summed E-state index contributed by atoms with van der Waals surface area (Å²) in [6, 6.07) is 59.1. The van der Waals surface area contributed by atoms with Gasteiger partial charge >= 0.3 is 0 Å². The molecule has 9 rings (SSSR count). The fourth-order valence-electron chi connectivity index (χ4n) is 6.83. The number of rotatable bonds is 4. The van der Waals surface area contributed by atoms with Crippen LogP contribution in [0.4, 0.5) is 0 Å². The molecule has 0 aliphatic heterocycles. The van der Waals surface area contributed by atoms with E-state index < -0.39 is 0 Å². The molecule has 0 aliphatic rings. The molecule has 0 radical (unpaired) electrons. The number of aromatic nitrogens is 2. The van der Waals surface area contributed by atoms with Crippen molar-refractivity contribution in [1.82, 2.24) is 9.55 Å². The van der Waals surface area contributed by atoms with Crippen LogP contribution in [-0.4, -0.2) is 9.55 Å². The number of benzene rings is 7. The average molecular weight is 561 g/mol. The van der Waals surface area contributed by atoms with Gasteiger partial charge in [0, 0.05) is 32.7 Å². The summed E-state index contributed by atoms with van der Waals surface area (Å²) in [5, 5.41) is 5.02. The molecule has 2 aromatic heterocycles. The largest absolute Gasteiger partial charge is 0.353 e. The molecule has 1 N–H and O–H groups in total. The quantitative estimate of drug-likeness (QED) is 0.221. The summed E-state index contributed by atoms with van der Waals surface area (Å²) in [4.78, 5) is 3.75. The van der Waals surface area contributed by atoms with Crippen LogP contribution in [0.25, 0.3) is 82.7 Å². The Morgan fingerprint density at radius 1 is 0.364 bits per heavy atom. The van der Waals surface area contributed by atoms with Gasteiger partial charge in [-0.05, 0) is 75.8 Å². The highest BCUT2D eigenvalue weighted by Gasteiger charge is 2.17. The lowest BCUT2D eigenvalue weighted by molar-refractivity contribution is 1.18. The third-order valence-corrected chi connectivity index (χ3v) is 8.92. The number of nitrogens with one attached hydrogen (secondary N) is 1. The molecule has 0 saturated heterocycles. The van der Waals surface area contributed by atoms with Crippen LogP contribution in [0.15, 0.2) is 164 Å². The van der Waals surface area contributed by atoms with Crippen LogP contribution in [0.5, 0.6) is 0 Å². The number of hydrogen-bond acceptors (Lipinski definition) is 0. The predicted octanol–water partition coefficient (Wildman–Crippen LogP) is 11.4. The van der Waals surface area contributed by atoms with E-state index in [1.165, 1.54) is 71.5 Å². The van der Waals surface area contributed by atoms with Gasteiger partial charge in [0.1, 0.15) is 0 Å². The molecule has 0 unspecified atom stereocenters. The van der Waals surface area contributed by atoms with Crippen molar-refractivity contribution in [2.75, 3.05) is 0 Å². The maximum atomic E-state index is 3.75. The maximum absolute atomic E-state index is 3.75. The third-order valence-electron chi connectivity index (χ3n) is 8.92. The summed E-state index contributed by atoms with van der Waals surface area (Å²) in [5.41, 5.74) is 13.2. The molecular formula is C42H28N2. The SMILES string of the molecule is c1ccc(-c2cc(-c3ccccc3)cc(-c3ccc(-n4c5ccccc5c5ccc6c7ccccc7[nH]c6c54)cc3)c2)cc1. The van der Waals surface area contributed by atoms with E-state index in [1.807, 2.05) is 0 Å². The van der Waals surface area contributed by atoms with Crippen LogP contribution in [0.1, 0.15) is 0 Å². The van der Waals surface area contributed by atoms with Gasteiger partial charge < -0.3 is 9.55 Å². The van der Waals surface area contributed by atoms with E-state index in [-0.39, 0.29) is 0 Å². The van der Waals surface area contributed by atoms with Gasteiger partial charge in [0.05, 0.1) is 16.6 Å². The second-order valence-corrected chi connectivity index (χ2v) is 11.5. The van der Waals surface area contributed by atoms with Gasteiger partial charge in [0.2, 0.25) is 0 Å². The summed E-state index contributed by atoms with van der Waals surface area (Å²) in [7, 11) is 0. The zero-order chi connectivity index (χ0) is 29.0. The molecule has 9 aromatic rings. The van der Waals surface area contributed by atoms with Gasteiger partial charge in [0.25, 0.3) is 0 Å². The minimum absolute atomic E-state index is 1.15. The highest BCUT2D eigenvalue weighted by Crippen LogP contribution is 2.39. The molecule has 206 valence electrons. The lowest BCUT2D eigenvalue weighted by Gasteiger charge is -2.13. The summed E-state index contributed by atoms with van der Waals surface area (Å²) < 4.78 is 2.42. The van der Waals surface area contributed by atoms with Crippen LogP contribution >= 0.6 is 0 Å². The van der Waals surface area contributed by atoms with Gasteiger partial charge in [-0.15, -0.1) is 0 Å². The molecular weight excluding hydrogens is 532 g/mol. The Balaban J connectivity index is 1.24. The van der Waals surface area contributed by atoms with E-state index in [9.17, 15) is 0 Å². The number of hydrogen-bond donors (Lipinski definition) is 1. The van der Waals surface area contributed by atoms with Crippen molar-refractivity contribution in [3.8, 4) is 39.1 Å². The normalized spacial score (nSPS) is 11.6. The van der Waals surface area contributed by atoms with E-state index in [4.69, 9.17) is 0 Å². The second kappa shape index (κ2) is 9.86. The molecule has 0 amide bonds. The van der Waals surface area contributed by atoms with Gasteiger partial charge in [-0.3, -0.25) is 0 Å². The van der Waals surface area contributed by atoms with Gasteiger partial charge in [-0.2, -0.15) is 0 Å². The minimum atomic E-state index is 1.15. The Labute approximate surface area is 255 Å². The molecule has 0 fully saturated rings. The van der Waals surface area contributed by atoms with E-state index in [2.05, 4.69) is 173 Å². The zero-order valence-electron chi connectivity index (χ0n) is 24.0. The van der Waals surface area contributed by atoms with Crippen LogP contribution < -0.4 is 0 Å². The summed E-state index contributed by atoms with van der Waals surface area (Å²) >= 11 is 0. The fraction of sp³-hybridized carbons (Fsp3) is 0. The molecule has 0 atom stereocenters. The zero-order valence-corrected chi connectivity index (χ0v) is 24.0. The van der Waals surface area contributed by atoms with E-state index in [0.717, 1.165) is 11.2 Å². The van der Waals surface area contributed by atoms with Crippen LogP contribution in [0.2, 0.25) is 0 Å². The fourth-order valence-corrected chi connectivity index (χ4v) is 6.83. The molecule has 0 bridgehead atoms. The first-order valence-electron chi connectivity index (χ1n) is 15.1. The maximum Gasteiger partial charge on any atom is 0.0783 e. The second-order valence-electron chi connectivity index (χ2n) is 11.5. The van der Waals surface area contributed by atoms with Crippen LogP contribution in [0.3, 0.4) is 0 Å². The topological polar surface area (TPSA) is 20.7 Å². The van der Waals surface area contributed by atoms with E-state index in [0.29, 0.717) is 0 Å². The molecule has 2 nitrogen and oxygen atoms in total. The molecule has 0 spiro atoms. The first-order valence-corrected chi connectivity index (χ1v) is 15.1. The average Bonchev–Trinajstić information content (AvgIpc) is 3.65. The molecule has 0 saturated carbocycles. The minimum Gasteiger partial charge on any atom is -0.353 e. The first-order chi connectivity index (χ1) is 21.8. The molecule has 2 heteroatoms. The number of H-pyrrole nitrogens is 1. The highest BCUT2D eigenvalue weighted by molar-refractivity contribution is 6.22. The van der Waals surface area contributed by atoms with Crippen LogP contribution in [-0.2, 0) is 0 Å². The van der Waals surface area contributed by atoms with Crippen LogP contribution in [0, 0.1) is 0 Å². The monoisotopic (exact) mass is 560 g/mol. The number of nitrogens with zero attached hydrogens (tertiary/aromatic N) is 1. The summed E-state index contributed by atoms with van der Waals surface area (Å²) in [6.07, 6.45) is 0. The summed E-state index contributed by atoms with van der Waals surface area (Å²) in [5.74, 6) is 0. The number of para-hydroxylation sites is 2. The summed E-state index contributed by atoms with van der Waals surface area (Å²) in [6.45, 7) is 0. The van der Waals surface area contributed by atoms with Crippen molar-refractivity contribution < 1.29 is 0 Å².